The van der Waals surface area contributed by atoms with Crippen LogP contribution >= 0.6 is 11.6 Å². The maximum Gasteiger partial charge on any atom is 0.269 e. The Bertz CT molecular complexity index is 1400. The highest BCUT2D eigenvalue weighted by molar-refractivity contribution is 6.30. The van der Waals surface area contributed by atoms with Crippen molar-refractivity contribution in [1.29, 1.82) is 0 Å². The monoisotopic (exact) mass is 472 g/mol. The molecule has 0 fully saturated rings. The molecule has 1 amide bonds. The van der Waals surface area contributed by atoms with Crippen molar-refractivity contribution >= 4 is 40.8 Å². The summed E-state index contributed by atoms with van der Waals surface area (Å²) in [5.74, 6) is 0.0952. The number of nitrogens with one attached hydrogen (secondary N) is 2. The van der Waals surface area contributed by atoms with Crippen molar-refractivity contribution in [2.24, 2.45) is 0 Å². The Morgan fingerprint density at radius 1 is 1.03 bits per heavy atom. The van der Waals surface area contributed by atoms with Crippen LogP contribution in [0.15, 0.2) is 84.9 Å². The van der Waals surface area contributed by atoms with Gasteiger partial charge in [0.15, 0.2) is 0 Å². The van der Waals surface area contributed by atoms with Gasteiger partial charge < -0.3 is 5.32 Å². The molecule has 3 aromatic carbocycles. The number of non-ortho nitro benzene ring substituents is 1. The fourth-order valence-corrected chi connectivity index (χ4v) is 3.77. The number of benzene rings is 3. The number of carbonyl (C=O) groups excluding carboxylic acids is 1. The van der Waals surface area contributed by atoms with Gasteiger partial charge in [0.1, 0.15) is 6.04 Å². The van der Waals surface area contributed by atoms with Gasteiger partial charge in [0.2, 0.25) is 5.95 Å². The highest BCUT2D eigenvalue weighted by Crippen LogP contribution is 2.33. The minimum absolute atomic E-state index is 0.0946. The Morgan fingerprint density at radius 3 is 2.41 bits per heavy atom. The number of hydrogen-bond acceptors (Lipinski definition) is 6. The first-order valence-corrected chi connectivity index (χ1v) is 10.7. The number of carbonyl (C=O) groups is 1. The predicted molar refractivity (Wildman–Crippen MR) is 129 cm³/mol. The Balaban J connectivity index is 1.46. The molecule has 168 valence electrons. The van der Waals surface area contributed by atoms with Crippen LogP contribution in [0.1, 0.15) is 27.5 Å². The van der Waals surface area contributed by atoms with Gasteiger partial charge in [0.25, 0.3) is 17.5 Å². The van der Waals surface area contributed by atoms with Gasteiger partial charge in [0, 0.05) is 28.4 Å². The number of rotatable bonds is 5. The topological polar surface area (TPSA) is 115 Å². The van der Waals surface area contributed by atoms with Crippen molar-refractivity contribution in [2.75, 3.05) is 10.6 Å². The summed E-state index contributed by atoms with van der Waals surface area (Å²) >= 11 is 6.04. The third-order valence-corrected chi connectivity index (χ3v) is 5.58. The molecule has 34 heavy (non-hydrogen) atoms. The van der Waals surface area contributed by atoms with E-state index in [0.29, 0.717) is 11.0 Å². The second-order valence-corrected chi connectivity index (χ2v) is 7.97. The zero-order chi connectivity index (χ0) is 23.7. The first-order chi connectivity index (χ1) is 16.5. The third-order valence-electron chi connectivity index (χ3n) is 5.33. The second-order valence-electron chi connectivity index (χ2n) is 7.53. The molecular weight excluding hydrogens is 456 g/mol. The van der Waals surface area contributed by atoms with Gasteiger partial charge in [-0.25, -0.2) is 4.68 Å². The van der Waals surface area contributed by atoms with Crippen LogP contribution in [-0.2, 0) is 0 Å². The summed E-state index contributed by atoms with van der Waals surface area (Å²) in [4.78, 5) is 27.4. The van der Waals surface area contributed by atoms with Crippen LogP contribution in [0.4, 0.5) is 17.6 Å². The molecule has 1 atom stereocenters. The van der Waals surface area contributed by atoms with E-state index >= 15 is 0 Å². The second kappa shape index (κ2) is 8.80. The zero-order valence-electron chi connectivity index (χ0n) is 17.6. The van der Waals surface area contributed by atoms with E-state index in [1.165, 1.54) is 24.3 Å². The first kappa shape index (κ1) is 21.4. The van der Waals surface area contributed by atoms with Crippen LogP contribution in [0.2, 0.25) is 5.02 Å². The lowest BCUT2D eigenvalue weighted by molar-refractivity contribution is -0.384. The van der Waals surface area contributed by atoms with E-state index in [1.54, 1.807) is 4.68 Å². The molecule has 0 bridgehead atoms. The average Bonchev–Trinajstić information content (AvgIpc) is 3.26. The summed E-state index contributed by atoms with van der Waals surface area (Å²) in [5, 5.41) is 21.9. The lowest BCUT2D eigenvalue weighted by atomic mass is 10.0. The molecule has 10 heteroatoms. The van der Waals surface area contributed by atoms with E-state index < -0.39 is 10.8 Å². The molecule has 9 nitrogen and oxygen atoms in total. The van der Waals surface area contributed by atoms with Gasteiger partial charge in [-0.1, -0.05) is 54.1 Å². The van der Waals surface area contributed by atoms with Gasteiger partial charge in [-0.2, -0.15) is 4.98 Å². The molecule has 0 saturated carbocycles. The Kier molecular flexibility index (Phi) is 5.52. The summed E-state index contributed by atoms with van der Waals surface area (Å²) < 4.78 is 1.69. The normalized spacial score (nSPS) is 14.5. The molecule has 0 radical (unpaired) electrons. The van der Waals surface area contributed by atoms with E-state index in [2.05, 4.69) is 20.7 Å². The smallest absolute Gasteiger partial charge is 0.269 e. The van der Waals surface area contributed by atoms with Gasteiger partial charge >= 0.3 is 0 Å². The number of aromatic nitrogens is 3. The quantitative estimate of drug-likeness (QED) is 0.306. The van der Waals surface area contributed by atoms with Gasteiger partial charge in [-0.15, -0.1) is 5.10 Å². The minimum atomic E-state index is -0.520. The van der Waals surface area contributed by atoms with E-state index in [1.807, 2.05) is 60.7 Å². The molecule has 2 N–H and O–H groups in total. The van der Waals surface area contributed by atoms with Crippen LogP contribution in [0.25, 0.3) is 5.70 Å². The van der Waals surface area contributed by atoms with E-state index in [0.717, 1.165) is 16.8 Å². The molecule has 0 aliphatic carbocycles. The number of nitro benzene ring substituents is 1. The molecule has 0 unspecified atom stereocenters. The van der Waals surface area contributed by atoms with Crippen molar-refractivity contribution in [1.82, 2.24) is 14.8 Å². The van der Waals surface area contributed by atoms with Crippen molar-refractivity contribution in [3.63, 3.8) is 0 Å². The number of halogens is 1. The maximum absolute atomic E-state index is 12.7. The summed E-state index contributed by atoms with van der Waals surface area (Å²) in [6, 6.07) is 22.3. The lowest BCUT2D eigenvalue weighted by Gasteiger charge is -2.24. The van der Waals surface area contributed by atoms with Crippen molar-refractivity contribution in [3.8, 4) is 0 Å². The van der Waals surface area contributed by atoms with Crippen molar-refractivity contribution in [3.05, 3.63) is 117 Å². The average molecular weight is 473 g/mol. The highest BCUT2D eigenvalue weighted by Gasteiger charge is 2.26. The Hall–Kier alpha value is -4.50. The molecule has 2 heterocycles. The lowest BCUT2D eigenvalue weighted by Crippen LogP contribution is -2.20. The Morgan fingerprint density at radius 2 is 1.74 bits per heavy atom. The van der Waals surface area contributed by atoms with Crippen molar-refractivity contribution in [2.45, 2.75) is 6.04 Å². The number of nitro groups is 1. The zero-order valence-corrected chi connectivity index (χ0v) is 18.3. The number of allylic oxidation sites excluding steroid dienone is 1. The molecule has 4 aromatic rings. The third kappa shape index (κ3) is 4.24. The van der Waals surface area contributed by atoms with E-state index in [-0.39, 0.29) is 23.2 Å². The van der Waals surface area contributed by atoms with Gasteiger partial charge in [-0.05, 0) is 41.5 Å². The fourth-order valence-electron chi connectivity index (χ4n) is 3.64. The highest BCUT2D eigenvalue weighted by atomic mass is 35.5. The number of fused-ring (bicyclic) bond motifs is 1. The SMILES string of the molecule is O=C(Nc1nc2n(n1)[C@H](c1ccccc1)C=C(c1ccc(Cl)cc1)N2)c1ccc([N+](=O)[O-])cc1. The number of amides is 1. The summed E-state index contributed by atoms with van der Waals surface area (Å²) in [7, 11) is 0. The largest absolute Gasteiger partial charge is 0.324 e. The van der Waals surface area contributed by atoms with Crippen LogP contribution in [-0.4, -0.2) is 25.6 Å². The Labute approximate surface area is 198 Å². The van der Waals surface area contributed by atoms with Gasteiger partial charge in [0.05, 0.1) is 4.92 Å². The molecular formula is C24H17ClN6O3. The molecule has 1 aromatic heterocycles. The first-order valence-electron chi connectivity index (χ1n) is 10.3. The maximum atomic E-state index is 12.7. The van der Waals surface area contributed by atoms with E-state index in [4.69, 9.17) is 11.6 Å². The number of nitrogens with zero attached hydrogens (tertiary/aromatic N) is 4. The number of anilines is 2. The predicted octanol–water partition coefficient (Wildman–Crippen LogP) is 5.15. The van der Waals surface area contributed by atoms with E-state index in [9.17, 15) is 14.9 Å². The fraction of sp³-hybridized carbons (Fsp3) is 0.0417. The van der Waals surface area contributed by atoms with Crippen LogP contribution in [0, 0.1) is 10.1 Å². The molecule has 1 aliphatic heterocycles. The number of hydrogen-bond donors (Lipinski definition) is 2. The summed E-state index contributed by atoms with van der Waals surface area (Å²) in [6.07, 6.45) is 2.03. The minimum Gasteiger partial charge on any atom is -0.324 e. The standard InChI is InChI=1S/C24H17ClN6O3/c25-18-10-6-15(7-11-18)20-14-21(16-4-2-1-3-5-16)30-24(26-20)28-23(29-30)27-22(32)17-8-12-19(13-9-17)31(33)34/h1-14,21H,(H2,26,27,28,29,32)/t21-/m0/s1. The summed E-state index contributed by atoms with van der Waals surface area (Å²) in [5.41, 5.74) is 2.92. The van der Waals surface area contributed by atoms with Crippen molar-refractivity contribution < 1.29 is 9.72 Å². The van der Waals surface area contributed by atoms with Gasteiger partial charge in [-0.3, -0.25) is 20.2 Å². The molecule has 5 rings (SSSR count). The molecule has 1 aliphatic rings. The van der Waals surface area contributed by atoms with Crippen LogP contribution in [0.3, 0.4) is 0 Å². The van der Waals surface area contributed by atoms with Crippen LogP contribution < -0.4 is 10.6 Å². The summed E-state index contributed by atoms with van der Waals surface area (Å²) in [6.45, 7) is 0. The molecule has 0 saturated heterocycles. The van der Waals surface area contributed by atoms with Crippen LogP contribution in [0.5, 0.6) is 0 Å². The molecule has 0 spiro atoms.